The van der Waals surface area contributed by atoms with Crippen LogP contribution in [0.5, 0.6) is 0 Å². The van der Waals surface area contributed by atoms with E-state index >= 15 is 0 Å². The molecular formula is C16H19NO. The number of pyridine rings is 1. The predicted molar refractivity (Wildman–Crippen MR) is 74.5 cm³/mol. The average Bonchev–Trinajstić information content (AvgIpc) is 2.34. The summed E-state index contributed by atoms with van der Waals surface area (Å²) < 4.78 is 0. The van der Waals surface area contributed by atoms with Crippen molar-refractivity contribution in [2.24, 2.45) is 5.41 Å². The molecule has 0 unspecified atom stereocenters. The van der Waals surface area contributed by atoms with E-state index in [-0.39, 0.29) is 5.41 Å². The summed E-state index contributed by atoms with van der Waals surface area (Å²) in [4.78, 5) is 16.2. The molecule has 0 amide bonds. The molecule has 0 saturated heterocycles. The second-order valence-electron chi connectivity index (χ2n) is 5.69. The molecule has 2 nitrogen and oxygen atoms in total. The van der Waals surface area contributed by atoms with Gasteiger partial charge in [-0.15, -0.1) is 0 Å². The number of ketones is 1. The highest BCUT2D eigenvalue weighted by Crippen LogP contribution is 2.21. The molecular weight excluding hydrogens is 222 g/mol. The van der Waals surface area contributed by atoms with Gasteiger partial charge in [-0.2, -0.15) is 0 Å². The molecule has 0 bridgehead atoms. The van der Waals surface area contributed by atoms with Crippen molar-refractivity contribution in [3.05, 3.63) is 42.2 Å². The van der Waals surface area contributed by atoms with E-state index in [1.54, 1.807) is 0 Å². The molecule has 1 aromatic heterocycles. The van der Waals surface area contributed by atoms with Gasteiger partial charge in [0.2, 0.25) is 0 Å². The monoisotopic (exact) mass is 241 g/mol. The first-order valence-corrected chi connectivity index (χ1v) is 6.33. The fourth-order valence-electron chi connectivity index (χ4n) is 2.00. The maximum atomic E-state index is 12.0. The third-order valence-electron chi connectivity index (χ3n) is 3.21. The highest BCUT2D eigenvalue weighted by molar-refractivity contribution is 5.87. The van der Waals surface area contributed by atoms with Gasteiger partial charge in [-0.3, -0.25) is 9.78 Å². The molecule has 1 heterocycles. The number of aryl methyl sites for hydroxylation is 1. The minimum absolute atomic E-state index is 0.252. The molecule has 94 valence electrons. The van der Waals surface area contributed by atoms with Gasteiger partial charge >= 0.3 is 0 Å². The lowest BCUT2D eigenvalue weighted by Gasteiger charge is -2.16. The highest BCUT2D eigenvalue weighted by atomic mass is 16.1. The van der Waals surface area contributed by atoms with Crippen molar-refractivity contribution in [3.63, 3.8) is 0 Å². The molecule has 0 N–H and O–H groups in total. The fraction of sp³-hybridized carbons (Fsp3) is 0.375. The predicted octanol–water partition coefficient (Wildman–Crippen LogP) is 3.78. The van der Waals surface area contributed by atoms with E-state index in [4.69, 9.17) is 0 Å². The quantitative estimate of drug-likeness (QED) is 0.818. The van der Waals surface area contributed by atoms with E-state index in [0.717, 1.165) is 17.4 Å². The Morgan fingerprint density at radius 3 is 2.61 bits per heavy atom. The Morgan fingerprint density at radius 2 is 1.89 bits per heavy atom. The van der Waals surface area contributed by atoms with Gasteiger partial charge in [-0.05, 0) is 17.4 Å². The minimum atomic E-state index is -0.252. The molecule has 2 heteroatoms. The third-order valence-corrected chi connectivity index (χ3v) is 3.21. The van der Waals surface area contributed by atoms with E-state index in [1.807, 2.05) is 45.3 Å². The third kappa shape index (κ3) is 2.76. The van der Waals surface area contributed by atoms with Crippen molar-refractivity contribution >= 4 is 16.6 Å². The molecule has 0 aliphatic carbocycles. The SMILES string of the molecule is CC(C)(C)C(=O)CCc1cncc2ccccc12. The van der Waals surface area contributed by atoms with Gasteiger partial charge in [0.05, 0.1) is 0 Å². The average molecular weight is 241 g/mol. The number of hydrogen-bond acceptors (Lipinski definition) is 2. The van der Waals surface area contributed by atoms with Crippen LogP contribution in [0.3, 0.4) is 0 Å². The number of hydrogen-bond donors (Lipinski definition) is 0. The Labute approximate surface area is 108 Å². The van der Waals surface area contributed by atoms with Crippen molar-refractivity contribution in [2.75, 3.05) is 0 Å². The number of carbonyl (C=O) groups excluding carboxylic acids is 1. The molecule has 0 spiro atoms. The van der Waals surface area contributed by atoms with E-state index in [9.17, 15) is 4.79 Å². The topological polar surface area (TPSA) is 30.0 Å². The summed E-state index contributed by atoms with van der Waals surface area (Å²) >= 11 is 0. The van der Waals surface area contributed by atoms with Crippen LogP contribution in [-0.4, -0.2) is 10.8 Å². The second-order valence-corrected chi connectivity index (χ2v) is 5.69. The number of aromatic nitrogens is 1. The standard InChI is InChI=1S/C16H19NO/c1-16(2,3)15(18)9-8-13-11-17-10-12-6-4-5-7-14(12)13/h4-7,10-11H,8-9H2,1-3H3. The first kappa shape index (κ1) is 12.7. The van der Waals surface area contributed by atoms with Crippen LogP contribution in [0, 0.1) is 5.41 Å². The van der Waals surface area contributed by atoms with Crippen LogP contribution in [0.4, 0.5) is 0 Å². The maximum Gasteiger partial charge on any atom is 0.138 e. The van der Waals surface area contributed by atoms with Gasteiger partial charge in [0.25, 0.3) is 0 Å². The molecule has 18 heavy (non-hydrogen) atoms. The van der Waals surface area contributed by atoms with Crippen molar-refractivity contribution < 1.29 is 4.79 Å². The Balaban J connectivity index is 2.20. The van der Waals surface area contributed by atoms with Gasteiger partial charge in [-0.1, -0.05) is 45.0 Å². The van der Waals surface area contributed by atoms with Crippen molar-refractivity contribution in [3.8, 4) is 0 Å². The summed E-state index contributed by atoms with van der Waals surface area (Å²) in [7, 11) is 0. The lowest BCUT2D eigenvalue weighted by molar-refractivity contribution is -0.126. The Kier molecular flexibility index (Phi) is 3.46. The van der Waals surface area contributed by atoms with Crippen molar-refractivity contribution in [1.82, 2.24) is 4.98 Å². The normalized spacial score (nSPS) is 11.7. The molecule has 0 radical (unpaired) electrons. The van der Waals surface area contributed by atoms with E-state index < -0.39 is 0 Å². The number of fused-ring (bicyclic) bond motifs is 1. The largest absolute Gasteiger partial charge is 0.299 e. The zero-order valence-corrected chi connectivity index (χ0v) is 11.2. The van der Waals surface area contributed by atoms with Crippen molar-refractivity contribution in [1.29, 1.82) is 0 Å². The van der Waals surface area contributed by atoms with E-state index in [0.29, 0.717) is 12.2 Å². The lowest BCUT2D eigenvalue weighted by Crippen LogP contribution is -2.20. The summed E-state index contributed by atoms with van der Waals surface area (Å²) in [6.45, 7) is 5.91. The maximum absolute atomic E-state index is 12.0. The van der Waals surface area contributed by atoms with Crippen LogP contribution in [0.2, 0.25) is 0 Å². The number of Topliss-reactive ketones (excluding diaryl/α,β-unsaturated/α-hetero) is 1. The summed E-state index contributed by atoms with van der Waals surface area (Å²) in [5.41, 5.74) is 0.906. The zero-order valence-electron chi connectivity index (χ0n) is 11.2. The summed E-state index contributed by atoms with van der Waals surface area (Å²) in [6.07, 6.45) is 5.09. The Morgan fingerprint density at radius 1 is 1.17 bits per heavy atom. The van der Waals surface area contributed by atoms with Crippen LogP contribution in [0.15, 0.2) is 36.7 Å². The molecule has 0 fully saturated rings. The lowest BCUT2D eigenvalue weighted by atomic mass is 9.87. The molecule has 2 rings (SSSR count). The van der Waals surface area contributed by atoms with Crippen LogP contribution >= 0.6 is 0 Å². The van der Waals surface area contributed by atoms with Gasteiger partial charge in [0, 0.05) is 29.6 Å². The van der Waals surface area contributed by atoms with Crippen LogP contribution < -0.4 is 0 Å². The number of nitrogens with zero attached hydrogens (tertiary/aromatic N) is 1. The fourth-order valence-corrected chi connectivity index (χ4v) is 2.00. The summed E-state index contributed by atoms with van der Waals surface area (Å²) in [5.74, 6) is 0.301. The molecule has 0 aliphatic heterocycles. The van der Waals surface area contributed by atoms with Gasteiger partial charge in [-0.25, -0.2) is 0 Å². The zero-order chi connectivity index (χ0) is 13.2. The Bertz CT molecular complexity index is 561. The van der Waals surface area contributed by atoms with Gasteiger partial charge < -0.3 is 0 Å². The number of carbonyl (C=O) groups is 1. The first-order valence-electron chi connectivity index (χ1n) is 6.33. The first-order chi connectivity index (χ1) is 8.48. The van der Waals surface area contributed by atoms with Gasteiger partial charge in [0.15, 0.2) is 0 Å². The van der Waals surface area contributed by atoms with E-state index in [2.05, 4.69) is 17.1 Å². The number of rotatable bonds is 3. The summed E-state index contributed by atoms with van der Waals surface area (Å²) in [6, 6.07) is 8.18. The molecule has 0 saturated carbocycles. The Hall–Kier alpha value is -1.70. The molecule has 1 aromatic carbocycles. The number of benzene rings is 1. The molecule has 0 atom stereocenters. The van der Waals surface area contributed by atoms with E-state index in [1.165, 1.54) is 5.39 Å². The molecule has 2 aromatic rings. The van der Waals surface area contributed by atoms with Crippen LogP contribution in [0.1, 0.15) is 32.8 Å². The van der Waals surface area contributed by atoms with Crippen molar-refractivity contribution in [2.45, 2.75) is 33.6 Å². The highest BCUT2D eigenvalue weighted by Gasteiger charge is 2.20. The minimum Gasteiger partial charge on any atom is -0.299 e. The second kappa shape index (κ2) is 4.89. The van der Waals surface area contributed by atoms with Gasteiger partial charge in [0.1, 0.15) is 5.78 Å². The van der Waals surface area contributed by atoms with Crippen LogP contribution in [0.25, 0.3) is 10.8 Å². The van der Waals surface area contributed by atoms with Crippen LogP contribution in [-0.2, 0) is 11.2 Å². The summed E-state index contributed by atoms with van der Waals surface area (Å²) in [5, 5.41) is 2.34. The molecule has 0 aliphatic rings. The smallest absolute Gasteiger partial charge is 0.138 e.